The third-order valence-electron chi connectivity index (χ3n) is 4.34. The molecule has 0 spiro atoms. The molecular weight excluding hydrogens is 268 g/mol. The lowest BCUT2D eigenvalue weighted by Crippen LogP contribution is -2.41. The fourth-order valence-electron chi connectivity index (χ4n) is 3.24. The van der Waals surface area contributed by atoms with Crippen molar-refractivity contribution in [3.05, 3.63) is 17.5 Å². The van der Waals surface area contributed by atoms with E-state index in [1.54, 1.807) is 0 Å². The van der Waals surface area contributed by atoms with Crippen LogP contribution in [0.5, 0.6) is 0 Å². The molecule has 1 N–H and O–H groups in total. The van der Waals surface area contributed by atoms with Gasteiger partial charge in [0.1, 0.15) is 0 Å². The number of carbonyl (C=O) groups is 1. The molecule has 1 amide bonds. The summed E-state index contributed by atoms with van der Waals surface area (Å²) in [7, 11) is 0. The number of likely N-dealkylation sites (tertiary alicyclic amines) is 1. The molecule has 0 bridgehead atoms. The van der Waals surface area contributed by atoms with Crippen LogP contribution in [0.3, 0.4) is 0 Å². The van der Waals surface area contributed by atoms with E-state index in [1.165, 1.54) is 0 Å². The van der Waals surface area contributed by atoms with Gasteiger partial charge in [-0.15, -0.1) is 0 Å². The summed E-state index contributed by atoms with van der Waals surface area (Å²) in [5, 5.41) is 7.32. The Morgan fingerprint density at radius 3 is 3.10 bits per heavy atom. The van der Waals surface area contributed by atoms with Crippen LogP contribution < -0.4 is 5.32 Å². The molecule has 3 heterocycles. The standard InChI is InChI=1S/C15H24N4O2/c1-12-10-14(21-17-12)13-4-2-8-19(13)15(20)11-18-7-3-5-16-6-9-18/h10,13,16H,2-9,11H2,1H3. The molecule has 2 aliphatic heterocycles. The summed E-state index contributed by atoms with van der Waals surface area (Å²) in [6, 6.07) is 2.02. The molecule has 116 valence electrons. The molecule has 1 atom stereocenters. The summed E-state index contributed by atoms with van der Waals surface area (Å²) in [6.07, 6.45) is 3.12. The average molecular weight is 292 g/mol. The predicted molar refractivity (Wildman–Crippen MR) is 78.9 cm³/mol. The zero-order valence-electron chi connectivity index (χ0n) is 12.7. The fraction of sp³-hybridized carbons (Fsp3) is 0.733. The molecule has 0 aliphatic carbocycles. The molecule has 6 nitrogen and oxygen atoms in total. The number of rotatable bonds is 3. The van der Waals surface area contributed by atoms with Gasteiger partial charge in [-0.2, -0.15) is 0 Å². The van der Waals surface area contributed by atoms with Gasteiger partial charge < -0.3 is 14.7 Å². The minimum atomic E-state index is 0.0730. The summed E-state index contributed by atoms with van der Waals surface area (Å²) in [6.45, 7) is 7.23. The minimum absolute atomic E-state index is 0.0730. The van der Waals surface area contributed by atoms with Crippen molar-refractivity contribution in [3.8, 4) is 0 Å². The van der Waals surface area contributed by atoms with Crippen LogP contribution in [0.25, 0.3) is 0 Å². The lowest BCUT2D eigenvalue weighted by Gasteiger charge is -2.26. The van der Waals surface area contributed by atoms with Gasteiger partial charge in [0.2, 0.25) is 5.91 Å². The summed E-state index contributed by atoms with van der Waals surface area (Å²) in [4.78, 5) is 16.8. The summed E-state index contributed by atoms with van der Waals surface area (Å²) >= 11 is 0. The van der Waals surface area contributed by atoms with Crippen molar-refractivity contribution < 1.29 is 9.32 Å². The van der Waals surface area contributed by atoms with E-state index in [0.29, 0.717) is 6.54 Å². The van der Waals surface area contributed by atoms with Crippen LogP contribution in [0.1, 0.15) is 36.8 Å². The Kier molecular flexibility index (Phi) is 4.55. The van der Waals surface area contributed by atoms with Gasteiger partial charge in [0, 0.05) is 25.7 Å². The predicted octanol–water partition coefficient (Wildman–Crippen LogP) is 0.942. The first-order valence-electron chi connectivity index (χ1n) is 7.90. The molecule has 2 fully saturated rings. The number of hydrogen-bond acceptors (Lipinski definition) is 5. The van der Waals surface area contributed by atoms with Gasteiger partial charge in [0.25, 0.3) is 0 Å². The van der Waals surface area contributed by atoms with Crippen molar-refractivity contribution in [1.82, 2.24) is 20.3 Å². The Bertz CT molecular complexity index is 480. The third-order valence-corrected chi connectivity index (χ3v) is 4.34. The Labute approximate surface area is 125 Å². The molecule has 6 heteroatoms. The topological polar surface area (TPSA) is 61.6 Å². The van der Waals surface area contributed by atoms with Crippen molar-refractivity contribution in [2.24, 2.45) is 0 Å². The molecule has 0 aromatic carbocycles. The maximum Gasteiger partial charge on any atom is 0.237 e. The maximum absolute atomic E-state index is 12.6. The van der Waals surface area contributed by atoms with Gasteiger partial charge in [0.15, 0.2) is 5.76 Å². The van der Waals surface area contributed by atoms with E-state index in [4.69, 9.17) is 4.52 Å². The Balaban J connectivity index is 1.62. The number of amides is 1. The molecule has 0 radical (unpaired) electrons. The monoisotopic (exact) mass is 292 g/mol. The van der Waals surface area contributed by atoms with Crippen molar-refractivity contribution in [2.75, 3.05) is 39.3 Å². The highest BCUT2D eigenvalue weighted by molar-refractivity contribution is 5.79. The normalized spacial score (nSPS) is 24.2. The van der Waals surface area contributed by atoms with E-state index in [2.05, 4.69) is 15.4 Å². The molecule has 1 aromatic rings. The van der Waals surface area contributed by atoms with Crippen LogP contribution in [-0.4, -0.2) is 60.1 Å². The molecular formula is C15H24N4O2. The van der Waals surface area contributed by atoms with E-state index < -0.39 is 0 Å². The van der Waals surface area contributed by atoms with Crippen LogP contribution in [0.2, 0.25) is 0 Å². The lowest BCUT2D eigenvalue weighted by atomic mass is 10.1. The zero-order valence-corrected chi connectivity index (χ0v) is 12.7. The van der Waals surface area contributed by atoms with Crippen molar-refractivity contribution >= 4 is 5.91 Å². The van der Waals surface area contributed by atoms with Crippen molar-refractivity contribution in [1.29, 1.82) is 0 Å². The highest BCUT2D eigenvalue weighted by atomic mass is 16.5. The Morgan fingerprint density at radius 1 is 1.38 bits per heavy atom. The molecule has 0 saturated carbocycles. The largest absolute Gasteiger partial charge is 0.359 e. The van der Waals surface area contributed by atoms with Crippen LogP contribution in [-0.2, 0) is 4.79 Å². The average Bonchev–Trinajstić information content (AvgIpc) is 3.03. The van der Waals surface area contributed by atoms with E-state index in [9.17, 15) is 4.79 Å². The maximum atomic E-state index is 12.6. The first kappa shape index (κ1) is 14.5. The van der Waals surface area contributed by atoms with E-state index in [0.717, 1.165) is 63.4 Å². The first-order valence-corrected chi connectivity index (χ1v) is 7.90. The van der Waals surface area contributed by atoms with Crippen molar-refractivity contribution in [3.63, 3.8) is 0 Å². The van der Waals surface area contributed by atoms with Crippen molar-refractivity contribution in [2.45, 2.75) is 32.2 Å². The van der Waals surface area contributed by atoms with Crippen LogP contribution in [0.4, 0.5) is 0 Å². The number of nitrogens with one attached hydrogen (secondary N) is 1. The van der Waals surface area contributed by atoms with Gasteiger partial charge in [-0.3, -0.25) is 9.69 Å². The quantitative estimate of drug-likeness (QED) is 0.898. The van der Waals surface area contributed by atoms with Gasteiger partial charge >= 0.3 is 0 Å². The van der Waals surface area contributed by atoms with Crippen LogP contribution in [0, 0.1) is 6.92 Å². The summed E-state index contributed by atoms with van der Waals surface area (Å²) < 4.78 is 5.37. The Morgan fingerprint density at radius 2 is 2.29 bits per heavy atom. The summed E-state index contributed by atoms with van der Waals surface area (Å²) in [5.74, 6) is 1.05. The minimum Gasteiger partial charge on any atom is -0.359 e. The lowest BCUT2D eigenvalue weighted by molar-refractivity contribution is -0.133. The molecule has 3 rings (SSSR count). The SMILES string of the molecule is Cc1cc(C2CCCN2C(=O)CN2CCCNCC2)on1. The molecule has 1 unspecified atom stereocenters. The van der Waals surface area contributed by atoms with E-state index >= 15 is 0 Å². The van der Waals surface area contributed by atoms with Gasteiger partial charge in [-0.05, 0) is 39.3 Å². The van der Waals surface area contributed by atoms with Crippen LogP contribution >= 0.6 is 0 Å². The molecule has 2 saturated heterocycles. The van der Waals surface area contributed by atoms with E-state index in [-0.39, 0.29) is 11.9 Å². The molecule has 21 heavy (non-hydrogen) atoms. The second-order valence-electron chi connectivity index (χ2n) is 6.00. The van der Waals surface area contributed by atoms with Gasteiger partial charge in [-0.25, -0.2) is 0 Å². The highest BCUT2D eigenvalue weighted by Gasteiger charge is 2.33. The molecule has 1 aromatic heterocycles. The highest BCUT2D eigenvalue weighted by Crippen LogP contribution is 2.32. The first-order chi connectivity index (χ1) is 10.2. The number of carbonyl (C=O) groups excluding carboxylic acids is 1. The zero-order chi connectivity index (χ0) is 14.7. The number of aromatic nitrogens is 1. The third kappa shape index (κ3) is 3.44. The van der Waals surface area contributed by atoms with Gasteiger partial charge in [-0.1, -0.05) is 5.16 Å². The second kappa shape index (κ2) is 6.58. The number of aryl methyl sites for hydroxylation is 1. The summed E-state index contributed by atoms with van der Waals surface area (Å²) in [5.41, 5.74) is 0.878. The van der Waals surface area contributed by atoms with Gasteiger partial charge in [0.05, 0.1) is 18.3 Å². The number of nitrogens with zero attached hydrogens (tertiary/aromatic N) is 3. The van der Waals surface area contributed by atoms with E-state index in [1.807, 2.05) is 17.9 Å². The Hall–Kier alpha value is -1.40. The van der Waals surface area contributed by atoms with Crippen LogP contribution in [0.15, 0.2) is 10.6 Å². The second-order valence-corrected chi connectivity index (χ2v) is 6.00. The number of hydrogen-bond donors (Lipinski definition) is 1. The fourth-order valence-corrected chi connectivity index (χ4v) is 3.24. The molecule has 2 aliphatic rings. The smallest absolute Gasteiger partial charge is 0.237 e.